The molecular weight excluding hydrogens is 821 g/mol. The van der Waals surface area contributed by atoms with Crippen molar-refractivity contribution in [3.05, 3.63) is 76.9 Å². The number of phenols is 1. The molecule has 1 spiro atoms. The van der Waals surface area contributed by atoms with Crippen molar-refractivity contribution >= 4 is 40.7 Å². The number of nitrogens with one attached hydrogen (secondary N) is 2. The molecule has 0 bridgehead atoms. The summed E-state index contributed by atoms with van der Waals surface area (Å²) in [5, 5.41) is 15.7. The second-order valence-electron chi connectivity index (χ2n) is 18.9. The van der Waals surface area contributed by atoms with Gasteiger partial charge in [-0.1, -0.05) is 18.9 Å². The smallest absolute Gasteiger partial charge is 0.251 e. The minimum absolute atomic E-state index is 0.0379. The number of halogens is 2. The lowest BCUT2D eigenvalue weighted by molar-refractivity contribution is -0.140. The number of fused-ring (bicyclic) bond motifs is 1. The third-order valence-electron chi connectivity index (χ3n) is 15.0. The Balaban J connectivity index is 0.000000586. The average Bonchev–Trinajstić information content (AvgIpc) is 3.96. The lowest BCUT2D eigenvalue weighted by Crippen LogP contribution is -2.62. The van der Waals surface area contributed by atoms with Crippen LogP contribution in [0.15, 0.2) is 48.5 Å². The third kappa shape index (κ3) is 8.77. The molecule has 7 aliphatic rings. The van der Waals surface area contributed by atoms with Gasteiger partial charge in [-0.05, 0) is 98.7 Å². The lowest BCUT2D eigenvalue weighted by atomic mass is 9.66. The molecule has 15 heteroatoms. The Labute approximate surface area is 374 Å². The summed E-state index contributed by atoms with van der Waals surface area (Å²) in [5.41, 5.74) is 3.62. The van der Waals surface area contributed by atoms with E-state index in [0.717, 1.165) is 102 Å². The second-order valence-corrected chi connectivity index (χ2v) is 18.9. The number of ether oxygens (including phenoxy) is 1. The van der Waals surface area contributed by atoms with Crippen LogP contribution in [0.1, 0.15) is 98.2 Å². The summed E-state index contributed by atoms with van der Waals surface area (Å²) in [7, 11) is 1.57. The standard InChI is InChI=1S/C44H54F2N6O4.C5H7NO2/c1-56-39-25-38(36(46)24-34(39)41-44(13-2-3-14-44)43(55)52(41)37-6-4-5-35(45)40(37)53)51-17-11-30(12-18-51)28-49-21-19-48(20-22-49)27-29-9-15-50(16-10-29)32-7-8-33-31(23-32)26-47-42(33)54;7-4-2-1-3-5(8)6-4/h4-8,23-25,29-30,41,53H,2-3,9-22,26-28H2,1H3,(H,47,54);1-3H2,(H,6,7,8). The van der Waals surface area contributed by atoms with Crippen LogP contribution in [0.25, 0.3) is 0 Å². The summed E-state index contributed by atoms with van der Waals surface area (Å²) in [5.74, 6) is -0.324. The van der Waals surface area contributed by atoms with E-state index in [0.29, 0.717) is 67.5 Å². The quantitative estimate of drug-likeness (QED) is 0.170. The van der Waals surface area contributed by atoms with Gasteiger partial charge in [0.15, 0.2) is 11.6 Å². The Bertz CT molecular complexity index is 2230. The van der Waals surface area contributed by atoms with Crippen molar-refractivity contribution in [3.8, 4) is 11.5 Å². The fourth-order valence-electron chi connectivity index (χ4n) is 11.4. The van der Waals surface area contributed by atoms with Gasteiger partial charge in [0.05, 0.1) is 29.9 Å². The molecule has 6 aliphatic heterocycles. The molecule has 64 heavy (non-hydrogen) atoms. The first-order chi connectivity index (χ1) is 31.0. The Kier molecular flexibility index (Phi) is 12.8. The highest BCUT2D eigenvalue weighted by atomic mass is 19.1. The van der Waals surface area contributed by atoms with Crippen molar-refractivity contribution in [2.45, 2.75) is 83.2 Å². The maximum absolute atomic E-state index is 16.2. The van der Waals surface area contributed by atoms with Gasteiger partial charge < -0.3 is 34.8 Å². The predicted octanol–water partition coefficient (Wildman–Crippen LogP) is 6.13. The van der Waals surface area contributed by atoms with Crippen molar-refractivity contribution in [3.63, 3.8) is 0 Å². The van der Waals surface area contributed by atoms with Gasteiger partial charge in [-0.2, -0.15) is 0 Å². The zero-order valence-electron chi connectivity index (χ0n) is 36.9. The van der Waals surface area contributed by atoms with Crippen LogP contribution in [0.5, 0.6) is 11.5 Å². The number of carbonyl (C=O) groups excluding carboxylic acids is 4. The van der Waals surface area contributed by atoms with Crippen LogP contribution < -0.4 is 30.1 Å². The van der Waals surface area contributed by atoms with Crippen molar-refractivity contribution in [2.24, 2.45) is 17.3 Å². The maximum atomic E-state index is 16.2. The summed E-state index contributed by atoms with van der Waals surface area (Å²) in [4.78, 5) is 57.7. The highest BCUT2D eigenvalue weighted by Gasteiger charge is 2.63. The molecule has 1 atom stereocenters. The molecule has 13 nitrogen and oxygen atoms in total. The number of piperidine rings is 3. The molecule has 0 radical (unpaired) electrons. The second kappa shape index (κ2) is 18.7. The van der Waals surface area contributed by atoms with Crippen LogP contribution in [-0.4, -0.2) is 111 Å². The summed E-state index contributed by atoms with van der Waals surface area (Å²) >= 11 is 0. The number of aromatic hydroxyl groups is 1. The van der Waals surface area contributed by atoms with E-state index in [1.165, 1.54) is 42.1 Å². The Morgan fingerprint density at radius 2 is 1.36 bits per heavy atom. The molecule has 6 fully saturated rings. The van der Waals surface area contributed by atoms with Crippen molar-refractivity contribution in [1.82, 2.24) is 20.4 Å². The molecule has 3 N–H and O–H groups in total. The van der Waals surface area contributed by atoms with Gasteiger partial charge in [0, 0.05) is 108 Å². The van der Waals surface area contributed by atoms with Crippen LogP contribution >= 0.6 is 0 Å². The number of hydrogen-bond donors (Lipinski definition) is 3. The normalized spacial score (nSPS) is 23.1. The molecule has 3 aromatic carbocycles. The number of benzene rings is 3. The van der Waals surface area contributed by atoms with E-state index in [-0.39, 0.29) is 35.1 Å². The maximum Gasteiger partial charge on any atom is 0.251 e. The van der Waals surface area contributed by atoms with Gasteiger partial charge in [0.1, 0.15) is 11.6 Å². The fraction of sp³-hybridized carbons (Fsp3) is 0.551. The van der Waals surface area contributed by atoms with Crippen LogP contribution in [-0.2, 0) is 20.9 Å². The van der Waals surface area contributed by atoms with Gasteiger partial charge in [-0.25, -0.2) is 8.78 Å². The molecule has 4 amide bonds. The summed E-state index contributed by atoms with van der Waals surface area (Å²) in [6, 6.07) is 13.2. The fourth-order valence-corrected chi connectivity index (χ4v) is 11.4. The largest absolute Gasteiger partial charge is 0.503 e. The van der Waals surface area contributed by atoms with E-state index in [1.807, 2.05) is 6.07 Å². The first kappa shape index (κ1) is 43.9. The van der Waals surface area contributed by atoms with E-state index in [9.17, 15) is 28.7 Å². The third-order valence-corrected chi connectivity index (χ3v) is 15.0. The SMILES string of the molecule is COc1cc(N2CCC(CN3CCN(CC4CCN(c5ccc6c(c5)CNC6=O)CC4)CC3)CC2)c(F)cc1C1N(c2cccc(F)c2O)C(=O)C12CCCC2.O=C1CCCC(=O)N1. The summed E-state index contributed by atoms with van der Waals surface area (Å²) < 4.78 is 36.5. The molecule has 0 aromatic heterocycles. The summed E-state index contributed by atoms with van der Waals surface area (Å²) in [6.07, 6.45) is 9.21. The number of amides is 4. The molecule has 342 valence electrons. The summed E-state index contributed by atoms with van der Waals surface area (Å²) in [6.45, 7) is 10.9. The van der Waals surface area contributed by atoms with Crippen LogP contribution in [0, 0.1) is 28.9 Å². The number of methoxy groups -OCH3 is 1. The molecular formula is C49H61F2N7O6. The number of hydrogen-bond acceptors (Lipinski definition) is 10. The number of β-lactam (4-membered cyclic amide) rings is 1. The number of nitrogens with zero attached hydrogens (tertiary/aromatic N) is 5. The van der Waals surface area contributed by atoms with Crippen LogP contribution in [0.3, 0.4) is 0 Å². The number of imide groups is 1. The molecule has 1 aliphatic carbocycles. The van der Waals surface area contributed by atoms with E-state index in [4.69, 9.17) is 4.74 Å². The molecule has 5 saturated heterocycles. The van der Waals surface area contributed by atoms with E-state index in [2.05, 4.69) is 42.4 Å². The topological polar surface area (TPSA) is 138 Å². The van der Waals surface area contributed by atoms with Crippen molar-refractivity contribution in [1.29, 1.82) is 0 Å². The van der Waals surface area contributed by atoms with E-state index < -0.39 is 23.0 Å². The molecule has 1 saturated carbocycles. The van der Waals surface area contributed by atoms with Gasteiger partial charge >= 0.3 is 0 Å². The lowest BCUT2D eigenvalue weighted by Gasteiger charge is -2.55. The van der Waals surface area contributed by atoms with Gasteiger partial charge in [-0.3, -0.25) is 29.4 Å². The molecule has 10 rings (SSSR count). The van der Waals surface area contributed by atoms with Gasteiger partial charge in [0.2, 0.25) is 17.7 Å². The monoisotopic (exact) mass is 881 g/mol. The van der Waals surface area contributed by atoms with Gasteiger partial charge in [-0.15, -0.1) is 0 Å². The minimum atomic E-state index is -0.796. The Morgan fingerprint density at radius 3 is 1.95 bits per heavy atom. The number of rotatable bonds is 9. The number of piperazine rings is 1. The highest BCUT2D eigenvalue weighted by molar-refractivity contribution is 6.07. The number of anilines is 3. The average molecular weight is 882 g/mol. The zero-order valence-corrected chi connectivity index (χ0v) is 36.9. The molecule has 6 heterocycles. The van der Waals surface area contributed by atoms with E-state index >= 15 is 4.39 Å². The first-order valence-electron chi connectivity index (χ1n) is 23.4. The zero-order chi connectivity index (χ0) is 44.5. The van der Waals surface area contributed by atoms with Crippen molar-refractivity contribution in [2.75, 3.05) is 87.3 Å². The highest BCUT2D eigenvalue weighted by Crippen LogP contribution is 2.62. The van der Waals surface area contributed by atoms with Crippen molar-refractivity contribution < 1.29 is 37.8 Å². The Hall–Kier alpha value is -5.28. The van der Waals surface area contributed by atoms with Gasteiger partial charge in [0.25, 0.3) is 5.91 Å². The molecule has 1 unspecified atom stereocenters. The first-order valence-corrected chi connectivity index (χ1v) is 23.4. The molecule has 3 aromatic rings. The number of carbonyl (C=O) groups is 4. The van der Waals surface area contributed by atoms with Crippen LogP contribution in [0.4, 0.5) is 25.8 Å². The number of phenolic OH excluding ortho intramolecular Hbond substituents is 1. The minimum Gasteiger partial charge on any atom is -0.503 e. The van der Waals surface area contributed by atoms with E-state index in [1.54, 1.807) is 19.2 Å². The number of para-hydroxylation sites is 1. The Morgan fingerprint density at radius 1 is 0.734 bits per heavy atom. The van der Waals surface area contributed by atoms with Crippen LogP contribution in [0.2, 0.25) is 0 Å². The predicted molar refractivity (Wildman–Crippen MR) is 240 cm³/mol.